The predicted octanol–water partition coefficient (Wildman–Crippen LogP) is 3.19. The maximum Gasteiger partial charge on any atom is 0.293 e. The number of nitro groups is 1. The van der Waals surface area contributed by atoms with E-state index in [1.807, 2.05) is 6.07 Å². The van der Waals surface area contributed by atoms with Crippen molar-refractivity contribution in [3.63, 3.8) is 0 Å². The van der Waals surface area contributed by atoms with Gasteiger partial charge in [-0.3, -0.25) is 14.9 Å². The van der Waals surface area contributed by atoms with Crippen LogP contribution in [0.15, 0.2) is 36.4 Å². The van der Waals surface area contributed by atoms with Gasteiger partial charge in [0.05, 0.1) is 23.2 Å². The van der Waals surface area contributed by atoms with Crippen LogP contribution < -0.4 is 14.8 Å². The number of hydrogen-bond donors (Lipinski definition) is 1. The summed E-state index contributed by atoms with van der Waals surface area (Å²) < 4.78 is 10.8. The number of hydrogen-bond acceptors (Lipinski definition) is 6. The number of nitriles is 1. The molecule has 8 nitrogen and oxygen atoms in total. The molecular weight excluding hydrogens is 338 g/mol. The second kappa shape index (κ2) is 8.48. The number of anilines is 1. The number of ether oxygens (including phenoxy) is 2. The van der Waals surface area contributed by atoms with Crippen molar-refractivity contribution >= 4 is 17.3 Å². The molecule has 0 unspecified atom stereocenters. The molecule has 2 aromatic carbocycles. The lowest BCUT2D eigenvalue weighted by molar-refractivity contribution is -0.384. The molecule has 0 atom stereocenters. The van der Waals surface area contributed by atoms with E-state index in [9.17, 15) is 14.9 Å². The number of benzene rings is 2. The van der Waals surface area contributed by atoms with Crippen LogP contribution in [0.25, 0.3) is 0 Å². The molecular formula is C18H17N3O5. The molecule has 1 N–H and O–H groups in total. The summed E-state index contributed by atoms with van der Waals surface area (Å²) in [6, 6.07) is 11.1. The zero-order chi connectivity index (χ0) is 19.1. The fourth-order valence-electron chi connectivity index (χ4n) is 2.19. The van der Waals surface area contributed by atoms with Crippen LogP contribution in [0.2, 0.25) is 0 Å². The summed E-state index contributed by atoms with van der Waals surface area (Å²) in [7, 11) is 0. The van der Waals surface area contributed by atoms with Gasteiger partial charge < -0.3 is 14.8 Å². The Kier molecular flexibility index (Phi) is 6.11. The molecule has 0 fully saturated rings. The van der Waals surface area contributed by atoms with Gasteiger partial charge >= 0.3 is 0 Å². The van der Waals surface area contributed by atoms with Crippen molar-refractivity contribution in [3.8, 4) is 17.6 Å². The summed E-state index contributed by atoms with van der Waals surface area (Å²) in [5.74, 6) is 0.101. The second-order valence-electron chi connectivity index (χ2n) is 5.32. The van der Waals surface area contributed by atoms with Crippen molar-refractivity contribution in [1.29, 1.82) is 5.26 Å². The van der Waals surface area contributed by atoms with Crippen molar-refractivity contribution in [1.82, 2.24) is 0 Å². The zero-order valence-electron chi connectivity index (χ0n) is 14.3. The van der Waals surface area contributed by atoms with E-state index in [2.05, 4.69) is 5.32 Å². The van der Waals surface area contributed by atoms with Gasteiger partial charge in [0.2, 0.25) is 0 Å². The predicted molar refractivity (Wildman–Crippen MR) is 94.3 cm³/mol. The van der Waals surface area contributed by atoms with Gasteiger partial charge in [0.15, 0.2) is 18.1 Å². The molecule has 0 aliphatic rings. The maximum absolute atomic E-state index is 12.1. The van der Waals surface area contributed by atoms with Gasteiger partial charge in [-0.15, -0.1) is 0 Å². The molecule has 134 valence electrons. The molecule has 26 heavy (non-hydrogen) atoms. The third-order valence-corrected chi connectivity index (χ3v) is 3.36. The lowest BCUT2D eigenvalue weighted by Gasteiger charge is -2.12. The SMILES string of the molecule is CCOc1cc(C#N)ccc1OCC(=O)Nc1ccc(C)cc1[N+](=O)[O-]. The highest BCUT2D eigenvalue weighted by atomic mass is 16.6. The van der Waals surface area contributed by atoms with Gasteiger partial charge in [-0.1, -0.05) is 6.07 Å². The normalized spacial score (nSPS) is 9.88. The number of nitrogens with zero attached hydrogens (tertiary/aromatic N) is 2. The van der Waals surface area contributed by atoms with Crippen LogP contribution in [-0.2, 0) is 4.79 Å². The number of rotatable bonds is 7. The summed E-state index contributed by atoms with van der Waals surface area (Å²) >= 11 is 0. The largest absolute Gasteiger partial charge is 0.490 e. The average molecular weight is 355 g/mol. The average Bonchev–Trinajstić information content (AvgIpc) is 2.62. The molecule has 2 rings (SSSR count). The molecule has 0 saturated carbocycles. The highest BCUT2D eigenvalue weighted by molar-refractivity contribution is 5.94. The van der Waals surface area contributed by atoms with Gasteiger partial charge in [0.1, 0.15) is 5.69 Å². The molecule has 0 aliphatic heterocycles. The van der Waals surface area contributed by atoms with Crippen molar-refractivity contribution in [2.75, 3.05) is 18.5 Å². The molecule has 0 bridgehead atoms. The molecule has 0 aromatic heterocycles. The van der Waals surface area contributed by atoms with Gasteiger partial charge in [-0.05, 0) is 37.6 Å². The van der Waals surface area contributed by atoms with E-state index in [0.29, 0.717) is 29.2 Å². The van der Waals surface area contributed by atoms with Gasteiger partial charge in [-0.25, -0.2) is 0 Å². The number of carbonyl (C=O) groups is 1. The number of nitrogens with one attached hydrogen (secondary N) is 1. The number of nitro benzene ring substituents is 1. The minimum absolute atomic E-state index is 0.0964. The molecule has 0 aliphatic carbocycles. The maximum atomic E-state index is 12.1. The number of amides is 1. The zero-order valence-corrected chi connectivity index (χ0v) is 14.3. The summed E-state index contributed by atoms with van der Waals surface area (Å²) in [4.78, 5) is 22.6. The Morgan fingerprint density at radius 1 is 1.23 bits per heavy atom. The van der Waals surface area contributed by atoms with Gasteiger partial charge in [0.25, 0.3) is 11.6 Å². The number of aryl methyl sites for hydroxylation is 1. The monoisotopic (exact) mass is 355 g/mol. The fraction of sp³-hybridized carbons (Fsp3) is 0.222. The van der Waals surface area contributed by atoms with Crippen LogP contribution in [0.3, 0.4) is 0 Å². The quantitative estimate of drug-likeness (QED) is 0.602. The Bertz CT molecular complexity index is 874. The van der Waals surface area contributed by atoms with E-state index in [4.69, 9.17) is 14.7 Å². The molecule has 0 saturated heterocycles. The summed E-state index contributed by atoms with van der Waals surface area (Å²) in [6.07, 6.45) is 0. The van der Waals surface area contributed by atoms with Gasteiger partial charge in [-0.2, -0.15) is 5.26 Å². The van der Waals surface area contributed by atoms with Crippen molar-refractivity contribution in [2.24, 2.45) is 0 Å². The molecule has 0 spiro atoms. The smallest absolute Gasteiger partial charge is 0.293 e. The van der Waals surface area contributed by atoms with Gasteiger partial charge in [0, 0.05) is 12.1 Å². The first-order valence-electron chi connectivity index (χ1n) is 7.79. The van der Waals surface area contributed by atoms with E-state index in [0.717, 1.165) is 0 Å². The van der Waals surface area contributed by atoms with E-state index in [1.54, 1.807) is 26.0 Å². The highest BCUT2D eigenvalue weighted by Crippen LogP contribution is 2.29. The first-order chi connectivity index (χ1) is 12.4. The first kappa shape index (κ1) is 18.7. The lowest BCUT2D eigenvalue weighted by Crippen LogP contribution is -2.21. The van der Waals surface area contributed by atoms with E-state index in [1.165, 1.54) is 24.3 Å². The molecule has 1 amide bonds. The van der Waals surface area contributed by atoms with Crippen LogP contribution in [0.5, 0.6) is 11.5 Å². The van der Waals surface area contributed by atoms with Crippen LogP contribution in [0, 0.1) is 28.4 Å². The Balaban J connectivity index is 2.08. The Hall–Kier alpha value is -3.60. The minimum atomic E-state index is -0.558. The third kappa shape index (κ3) is 4.70. The van der Waals surface area contributed by atoms with E-state index < -0.39 is 10.8 Å². The summed E-state index contributed by atoms with van der Waals surface area (Å²) in [6.45, 7) is 3.51. The standard InChI is InChI=1S/C18H17N3O5/c1-3-25-17-9-13(10-19)5-7-16(17)26-11-18(22)20-14-6-4-12(2)8-15(14)21(23)24/h4-9H,3,11H2,1-2H3,(H,20,22). The Morgan fingerprint density at radius 2 is 2.00 bits per heavy atom. The third-order valence-electron chi connectivity index (χ3n) is 3.36. The van der Waals surface area contributed by atoms with E-state index in [-0.39, 0.29) is 18.0 Å². The van der Waals surface area contributed by atoms with Crippen LogP contribution in [0.4, 0.5) is 11.4 Å². The number of carbonyl (C=O) groups excluding carboxylic acids is 1. The summed E-state index contributed by atoms with van der Waals surface area (Å²) in [5, 5.41) is 22.5. The highest BCUT2D eigenvalue weighted by Gasteiger charge is 2.17. The van der Waals surface area contributed by atoms with Crippen LogP contribution in [-0.4, -0.2) is 24.0 Å². The van der Waals surface area contributed by atoms with Crippen molar-refractivity contribution < 1.29 is 19.2 Å². The first-order valence-corrected chi connectivity index (χ1v) is 7.79. The topological polar surface area (TPSA) is 114 Å². The minimum Gasteiger partial charge on any atom is -0.490 e. The Morgan fingerprint density at radius 3 is 2.65 bits per heavy atom. The lowest BCUT2D eigenvalue weighted by atomic mass is 10.2. The summed E-state index contributed by atoms with van der Waals surface area (Å²) in [5.41, 5.74) is 1.02. The fourth-order valence-corrected chi connectivity index (χ4v) is 2.19. The van der Waals surface area contributed by atoms with E-state index >= 15 is 0 Å². The van der Waals surface area contributed by atoms with Crippen molar-refractivity contribution in [2.45, 2.75) is 13.8 Å². The molecule has 0 radical (unpaired) electrons. The molecule has 8 heteroatoms. The van der Waals surface area contributed by atoms with Crippen molar-refractivity contribution in [3.05, 3.63) is 57.6 Å². The molecule has 2 aromatic rings. The molecule has 0 heterocycles. The Labute approximate surface area is 150 Å². The second-order valence-corrected chi connectivity index (χ2v) is 5.32. The van der Waals surface area contributed by atoms with Crippen LogP contribution >= 0.6 is 0 Å². The van der Waals surface area contributed by atoms with Crippen LogP contribution in [0.1, 0.15) is 18.1 Å².